The van der Waals surface area contributed by atoms with E-state index in [0.717, 1.165) is 22.7 Å². The van der Waals surface area contributed by atoms with Gasteiger partial charge in [-0.15, -0.1) is 11.3 Å². The molecule has 20 heavy (non-hydrogen) atoms. The van der Waals surface area contributed by atoms with Gasteiger partial charge >= 0.3 is 12.0 Å². The number of nitrogens with one attached hydrogen (secondary N) is 2. The molecule has 1 aromatic rings. The Morgan fingerprint density at radius 2 is 2.15 bits per heavy atom. The number of nitrogens with zero attached hydrogens (tertiary/aromatic N) is 1. The van der Waals surface area contributed by atoms with Gasteiger partial charge in [-0.05, 0) is 20.3 Å². The first-order chi connectivity index (χ1) is 9.43. The van der Waals surface area contributed by atoms with Crippen LogP contribution in [0.5, 0.6) is 0 Å². The molecule has 0 aromatic carbocycles. The van der Waals surface area contributed by atoms with Crippen molar-refractivity contribution in [2.24, 2.45) is 0 Å². The second kappa shape index (κ2) is 7.84. The van der Waals surface area contributed by atoms with Crippen molar-refractivity contribution in [3.8, 4) is 0 Å². The number of unbranched alkanes of at least 4 members (excludes halogenated alkanes) is 1. The molecule has 0 aliphatic rings. The van der Waals surface area contributed by atoms with Gasteiger partial charge in [0.25, 0.3) is 0 Å². The smallest absolute Gasteiger partial charge is 0.326 e. The molecule has 2 unspecified atom stereocenters. The molecule has 1 rings (SSSR count). The number of carbonyl (C=O) groups excluding carboxylic acids is 1. The van der Waals surface area contributed by atoms with Crippen LogP contribution < -0.4 is 10.6 Å². The van der Waals surface area contributed by atoms with Crippen molar-refractivity contribution in [3.05, 3.63) is 16.1 Å². The van der Waals surface area contributed by atoms with Crippen LogP contribution in [0.4, 0.5) is 4.79 Å². The third-order valence-corrected chi connectivity index (χ3v) is 3.90. The summed E-state index contributed by atoms with van der Waals surface area (Å²) in [7, 11) is 0. The molecule has 1 aromatic heterocycles. The van der Waals surface area contributed by atoms with E-state index in [9.17, 15) is 9.59 Å². The van der Waals surface area contributed by atoms with E-state index in [1.54, 1.807) is 6.20 Å². The number of thiazole rings is 1. The molecular weight excluding hydrogens is 278 g/mol. The number of carboxylic acids is 1. The summed E-state index contributed by atoms with van der Waals surface area (Å²) in [6.45, 7) is 5.74. The molecule has 1 heterocycles. The lowest BCUT2D eigenvalue weighted by Gasteiger charge is -2.17. The van der Waals surface area contributed by atoms with Crippen molar-refractivity contribution in [1.29, 1.82) is 0 Å². The number of hydrogen-bond donors (Lipinski definition) is 3. The first kappa shape index (κ1) is 16.4. The summed E-state index contributed by atoms with van der Waals surface area (Å²) in [6, 6.07) is -1.57. The Balaban J connectivity index is 2.50. The van der Waals surface area contributed by atoms with Crippen LogP contribution in [0.3, 0.4) is 0 Å². The van der Waals surface area contributed by atoms with E-state index in [0.29, 0.717) is 6.42 Å². The lowest BCUT2D eigenvalue weighted by Crippen LogP contribution is -2.46. The van der Waals surface area contributed by atoms with Crippen LogP contribution in [0, 0.1) is 6.92 Å². The molecule has 3 N–H and O–H groups in total. The minimum absolute atomic E-state index is 0.241. The Bertz CT molecular complexity index is 461. The summed E-state index contributed by atoms with van der Waals surface area (Å²) < 4.78 is 0. The molecule has 0 fully saturated rings. The maximum atomic E-state index is 11.8. The number of amides is 2. The summed E-state index contributed by atoms with van der Waals surface area (Å²) in [5, 5.41) is 15.0. The van der Waals surface area contributed by atoms with E-state index in [1.807, 2.05) is 20.8 Å². The standard InChI is InChI=1S/C13H21N3O3S/c1-4-5-6-10(12(17)18)16-13(19)15-9(3)11-14-7-8(2)20-11/h7,9-10H,4-6H2,1-3H3,(H,17,18)(H2,15,16,19). The summed E-state index contributed by atoms with van der Waals surface area (Å²) >= 11 is 1.51. The molecule has 0 aliphatic carbocycles. The number of hydrogen-bond acceptors (Lipinski definition) is 4. The lowest BCUT2D eigenvalue weighted by atomic mass is 10.1. The third-order valence-electron chi connectivity index (χ3n) is 2.81. The Labute approximate surface area is 122 Å². The van der Waals surface area contributed by atoms with Gasteiger partial charge in [0.1, 0.15) is 11.0 Å². The molecule has 6 nitrogen and oxygen atoms in total. The van der Waals surface area contributed by atoms with Gasteiger partial charge in [-0.3, -0.25) is 0 Å². The number of aliphatic carboxylic acids is 1. The van der Waals surface area contributed by atoms with Gasteiger partial charge in [0.05, 0.1) is 6.04 Å². The molecule has 0 saturated carbocycles. The molecule has 0 radical (unpaired) electrons. The number of rotatable bonds is 7. The highest BCUT2D eigenvalue weighted by Crippen LogP contribution is 2.18. The van der Waals surface area contributed by atoms with Crippen molar-refractivity contribution in [2.75, 3.05) is 0 Å². The molecule has 2 atom stereocenters. The molecule has 7 heteroatoms. The zero-order chi connectivity index (χ0) is 15.1. The Kier molecular flexibility index (Phi) is 6.44. The fourth-order valence-electron chi connectivity index (χ4n) is 1.70. The van der Waals surface area contributed by atoms with Crippen LogP contribution in [0.15, 0.2) is 6.20 Å². The summed E-state index contributed by atoms with van der Waals surface area (Å²) in [5.41, 5.74) is 0. The highest BCUT2D eigenvalue weighted by atomic mass is 32.1. The highest BCUT2D eigenvalue weighted by molar-refractivity contribution is 7.11. The quantitative estimate of drug-likeness (QED) is 0.721. The van der Waals surface area contributed by atoms with Crippen LogP contribution in [-0.4, -0.2) is 28.1 Å². The fourth-order valence-corrected chi connectivity index (χ4v) is 2.47. The van der Waals surface area contributed by atoms with Crippen LogP contribution in [0.2, 0.25) is 0 Å². The maximum Gasteiger partial charge on any atom is 0.326 e. The van der Waals surface area contributed by atoms with Crippen molar-refractivity contribution in [1.82, 2.24) is 15.6 Å². The van der Waals surface area contributed by atoms with Gasteiger partial charge in [-0.2, -0.15) is 0 Å². The minimum Gasteiger partial charge on any atom is -0.480 e. The minimum atomic E-state index is -1.01. The second-order valence-corrected chi connectivity index (χ2v) is 5.95. The second-order valence-electron chi connectivity index (χ2n) is 4.68. The van der Waals surface area contributed by atoms with Gasteiger partial charge in [0.15, 0.2) is 0 Å². The van der Waals surface area contributed by atoms with Gasteiger partial charge in [-0.25, -0.2) is 14.6 Å². The van der Waals surface area contributed by atoms with E-state index in [2.05, 4.69) is 15.6 Å². The summed E-state index contributed by atoms with van der Waals surface area (Å²) in [5.74, 6) is -1.01. The molecule has 0 spiro atoms. The van der Waals surface area contributed by atoms with Gasteiger partial charge in [-0.1, -0.05) is 19.8 Å². The first-order valence-corrected chi connectivity index (χ1v) is 7.47. The van der Waals surface area contributed by atoms with Gasteiger partial charge < -0.3 is 15.7 Å². The molecular formula is C13H21N3O3S. The lowest BCUT2D eigenvalue weighted by molar-refractivity contribution is -0.139. The first-order valence-electron chi connectivity index (χ1n) is 6.66. The van der Waals surface area contributed by atoms with Crippen LogP contribution >= 0.6 is 11.3 Å². The SMILES string of the molecule is CCCCC(NC(=O)NC(C)c1ncc(C)s1)C(=O)O. The van der Waals surface area contributed by atoms with Crippen molar-refractivity contribution in [3.63, 3.8) is 0 Å². The average Bonchev–Trinajstić information content (AvgIpc) is 2.80. The van der Waals surface area contributed by atoms with E-state index in [-0.39, 0.29) is 6.04 Å². The molecule has 112 valence electrons. The Hall–Kier alpha value is -1.63. The zero-order valence-corrected chi connectivity index (χ0v) is 12.8. The molecule has 2 amide bonds. The fraction of sp³-hybridized carbons (Fsp3) is 0.615. The van der Waals surface area contributed by atoms with Crippen molar-refractivity contribution < 1.29 is 14.7 Å². The van der Waals surface area contributed by atoms with Crippen molar-refractivity contribution in [2.45, 2.75) is 52.1 Å². The topological polar surface area (TPSA) is 91.3 Å². The van der Waals surface area contributed by atoms with Crippen LogP contribution in [-0.2, 0) is 4.79 Å². The zero-order valence-electron chi connectivity index (χ0n) is 12.0. The Morgan fingerprint density at radius 1 is 1.45 bits per heavy atom. The number of urea groups is 1. The summed E-state index contributed by atoms with van der Waals surface area (Å²) in [4.78, 5) is 28.1. The van der Waals surface area contributed by atoms with Gasteiger partial charge in [0.2, 0.25) is 0 Å². The van der Waals surface area contributed by atoms with Crippen molar-refractivity contribution >= 4 is 23.3 Å². The van der Waals surface area contributed by atoms with E-state index in [4.69, 9.17) is 5.11 Å². The number of carbonyl (C=O) groups is 2. The third kappa shape index (κ3) is 5.16. The van der Waals surface area contributed by atoms with E-state index < -0.39 is 18.0 Å². The Morgan fingerprint density at radius 3 is 2.65 bits per heavy atom. The molecule has 0 aliphatic heterocycles. The van der Waals surface area contributed by atoms with E-state index in [1.165, 1.54) is 11.3 Å². The number of carboxylic acid groups (broad SMARTS) is 1. The summed E-state index contributed by atoms with van der Waals surface area (Å²) in [6.07, 6.45) is 3.84. The average molecular weight is 299 g/mol. The van der Waals surface area contributed by atoms with Crippen LogP contribution in [0.25, 0.3) is 0 Å². The van der Waals surface area contributed by atoms with Crippen LogP contribution in [0.1, 0.15) is 49.0 Å². The van der Waals surface area contributed by atoms with Gasteiger partial charge in [0, 0.05) is 11.1 Å². The molecule has 0 saturated heterocycles. The normalized spacial score (nSPS) is 13.6. The number of aromatic nitrogens is 1. The number of aryl methyl sites for hydroxylation is 1. The maximum absolute atomic E-state index is 11.8. The monoisotopic (exact) mass is 299 g/mol. The predicted molar refractivity (Wildman–Crippen MR) is 77.9 cm³/mol. The largest absolute Gasteiger partial charge is 0.480 e. The highest BCUT2D eigenvalue weighted by Gasteiger charge is 2.20. The molecule has 0 bridgehead atoms. The predicted octanol–water partition coefficient (Wildman–Crippen LogP) is 2.46. The van der Waals surface area contributed by atoms with E-state index >= 15 is 0 Å².